The summed E-state index contributed by atoms with van der Waals surface area (Å²) in [5.41, 5.74) is 39.4. The van der Waals surface area contributed by atoms with Gasteiger partial charge in [-0.3, -0.25) is 0 Å². The van der Waals surface area contributed by atoms with Gasteiger partial charge in [0.1, 0.15) is 0 Å². The molecule has 0 aromatic heterocycles. The molecule has 15 aliphatic carbocycles. The van der Waals surface area contributed by atoms with Crippen LogP contribution in [0.4, 0.5) is 0 Å². The van der Waals surface area contributed by atoms with Crippen LogP contribution in [0.25, 0.3) is 22.3 Å². The van der Waals surface area contributed by atoms with Gasteiger partial charge in [-0.1, -0.05) is 119 Å². The van der Waals surface area contributed by atoms with Crippen LogP contribution in [-0.4, -0.2) is 0 Å². The molecule has 6 aromatic rings. The minimum Gasteiger partial charge on any atom is -0.0845 e. The van der Waals surface area contributed by atoms with Gasteiger partial charge in [-0.25, -0.2) is 0 Å². The highest BCUT2D eigenvalue weighted by molar-refractivity contribution is 9.11. The van der Waals surface area contributed by atoms with Crippen molar-refractivity contribution in [2.45, 2.75) is 166 Å². The third-order valence-corrected chi connectivity index (χ3v) is 28.7. The number of benzene rings is 6. The van der Waals surface area contributed by atoms with Crippen molar-refractivity contribution in [1.29, 1.82) is 0 Å². The van der Waals surface area contributed by atoms with Crippen LogP contribution in [0.15, 0.2) is 93.9 Å². The summed E-state index contributed by atoms with van der Waals surface area (Å²) < 4.78 is 2.35. The summed E-state index contributed by atoms with van der Waals surface area (Å²) in [5, 5.41) is 0. The highest BCUT2D eigenvalue weighted by Crippen LogP contribution is 2.80. The Morgan fingerprint density at radius 2 is 0.590 bits per heavy atom. The second-order valence-electron chi connectivity index (χ2n) is 29.2. The molecule has 20 atom stereocenters. The fourth-order valence-corrected chi connectivity index (χ4v) is 24.0. The van der Waals surface area contributed by atoms with E-state index in [1.165, 1.54) is 71.4 Å². The summed E-state index contributed by atoms with van der Waals surface area (Å²) in [5.74, 6) is 17.4. The van der Waals surface area contributed by atoms with E-state index in [0.29, 0.717) is 0 Å². The Labute approximate surface area is 481 Å². The Morgan fingerprint density at radius 3 is 0.936 bits per heavy atom. The Morgan fingerprint density at radius 1 is 0.308 bits per heavy atom. The normalized spacial score (nSPS) is 38.4. The summed E-state index contributed by atoms with van der Waals surface area (Å²) in [7, 11) is 0. The monoisotopic (exact) mass is 1140 g/mol. The van der Waals surface area contributed by atoms with Crippen LogP contribution in [-0.2, 0) is 25.7 Å². The van der Waals surface area contributed by atoms with Gasteiger partial charge in [-0.05, 0) is 357 Å². The Hall–Kier alpha value is -4.24. The topological polar surface area (TPSA) is 0 Å². The number of halogens is 2. The van der Waals surface area contributed by atoms with E-state index in [0.717, 1.165) is 118 Å². The molecule has 6 aromatic carbocycles. The molecule has 392 valence electrons. The van der Waals surface area contributed by atoms with Gasteiger partial charge < -0.3 is 0 Å². The van der Waals surface area contributed by atoms with Crippen molar-refractivity contribution in [2.75, 3.05) is 0 Å². The molecular weight excluding hydrogens is 1070 g/mol. The smallest absolute Gasteiger partial charge is 0.0207 e. The van der Waals surface area contributed by atoms with Crippen LogP contribution < -0.4 is 0 Å². The van der Waals surface area contributed by atoms with Crippen LogP contribution in [0.2, 0.25) is 0 Å². The molecule has 78 heavy (non-hydrogen) atoms. The van der Waals surface area contributed by atoms with Crippen LogP contribution in [0, 0.1) is 101 Å². The third-order valence-electron chi connectivity index (χ3n) is 27.0. The van der Waals surface area contributed by atoms with E-state index >= 15 is 0 Å². The molecule has 0 radical (unpaired) electrons. The zero-order chi connectivity index (χ0) is 52.1. The second-order valence-corrected chi connectivity index (χ2v) is 30.9. The number of fused-ring (bicyclic) bond motifs is 44. The Kier molecular flexibility index (Phi) is 9.18. The van der Waals surface area contributed by atoms with Crippen molar-refractivity contribution in [2.24, 2.45) is 59.2 Å². The van der Waals surface area contributed by atoms with Crippen LogP contribution in [0.3, 0.4) is 0 Å². The molecule has 2 heteroatoms. The number of hydrogen-bond donors (Lipinski definition) is 0. The highest BCUT2D eigenvalue weighted by Gasteiger charge is 2.68. The second kappa shape index (κ2) is 15.4. The number of allylic oxidation sites excluding steroid dienone is 4. The lowest BCUT2D eigenvalue weighted by molar-refractivity contribution is 0.181. The average molecular weight is 1150 g/mol. The largest absolute Gasteiger partial charge is 0.0845 e. The maximum atomic E-state index is 3.46. The van der Waals surface area contributed by atoms with Crippen LogP contribution in [0.5, 0.6) is 0 Å². The molecule has 0 amide bonds. The number of aryl methyl sites for hydroxylation is 6. The molecule has 0 heterocycles. The van der Waals surface area contributed by atoms with E-state index in [4.69, 9.17) is 0 Å². The first-order valence-electron chi connectivity index (χ1n) is 31.4. The molecule has 6 fully saturated rings. The molecule has 6 saturated carbocycles. The molecule has 0 saturated heterocycles. The zero-order valence-electron chi connectivity index (χ0n) is 47.0. The lowest BCUT2D eigenvalue weighted by Gasteiger charge is -2.55. The molecule has 0 aliphatic heterocycles. The van der Waals surface area contributed by atoms with E-state index in [-0.39, 0.29) is 0 Å². The summed E-state index contributed by atoms with van der Waals surface area (Å²) in [6.45, 7) is 18.9. The zero-order valence-corrected chi connectivity index (χ0v) is 50.2. The molecule has 0 N–H and O–H groups in total. The number of hydrogen-bond acceptors (Lipinski definition) is 0. The van der Waals surface area contributed by atoms with E-state index in [1.54, 1.807) is 122 Å². The fraction of sp³-hybridized carbons (Fsp3) is 0.474. The minimum absolute atomic E-state index is 0.829. The summed E-state index contributed by atoms with van der Waals surface area (Å²) in [6, 6.07) is 25.7. The van der Waals surface area contributed by atoms with Gasteiger partial charge in [-0.15, -0.1) is 0 Å². The summed E-state index contributed by atoms with van der Waals surface area (Å²) in [6.07, 6.45) is 20.9. The van der Waals surface area contributed by atoms with Gasteiger partial charge in [0.2, 0.25) is 0 Å². The van der Waals surface area contributed by atoms with Crippen molar-refractivity contribution >= 4 is 31.9 Å². The first kappa shape index (κ1) is 46.4. The molecule has 0 spiro atoms. The third kappa shape index (κ3) is 5.49. The Balaban J connectivity index is 0.000000105. The van der Waals surface area contributed by atoms with Gasteiger partial charge in [0.25, 0.3) is 0 Å². The van der Waals surface area contributed by atoms with Gasteiger partial charge in [0.15, 0.2) is 0 Å². The van der Waals surface area contributed by atoms with Crippen molar-refractivity contribution in [3.8, 4) is 22.3 Å². The van der Waals surface area contributed by atoms with Crippen molar-refractivity contribution in [1.82, 2.24) is 0 Å². The SMILES string of the molecule is C1=CC2CC1C1c3cc4c(cc3C21)-c1cc2c(cc1CC4)C1C3C=CC(C3)C21.Cc1c(C)c(C)c2c(c1C)C1C3CC(C4c5cc6c(cc5C34)CCc3cc4c(cc3-6)C3C5CC(C(C)C5C)C43)C21.Cc1cc(Br)c(C)cc1Br. The molecule has 15 aliphatic rings. The molecule has 0 nitrogen and oxygen atoms in total. The maximum absolute atomic E-state index is 3.46. The van der Waals surface area contributed by atoms with Gasteiger partial charge >= 0.3 is 0 Å². The maximum Gasteiger partial charge on any atom is 0.0207 e. The van der Waals surface area contributed by atoms with Gasteiger partial charge in [0, 0.05) is 8.95 Å². The lowest BCUT2D eigenvalue weighted by atomic mass is 9.48. The number of rotatable bonds is 0. The van der Waals surface area contributed by atoms with Crippen molar-refractivity contribution < 1.29 is 0 Å². The first-order valence-corrected chi connectivity index (χ1v) is 33.0. The molecular formula is C76H74Br2. The minimum atomic E-state index is 0.829. The van der Waals surface area contributed by atoms with Crippen molar-refractivity contribution in [3.05, 3.63) is 205 Å². The van der Waals surface area contributed by atoms with E-state index in [1.807, 2.05) is 0 Å². The molecule has 20 unspecified atom stereocenters. The van der Waals surface area contributed by atoms with Crippen LogP contribution >= 0.6 is 31.9 Å². The Bertz CT molecular complexity index is 3730. The highest BCUT2D eigenvalue weighted by atomic mass is 79.9. The van der Waals surface area contributed by atoms with Crippen LogP contribution in [0.1, 0.15) is 210 Å². The molecule has 21 rings (SSSR count). The predicted octanol–water partition coefficient (Wildman–Crippen LogP) is 19.6. The first-order chi connectivity index (χ1) is 37.8. The van der Waals surface area contributed by atoms with E-state index in [9.17, 15) is 0 Å². The predicted molar refractivity (Wildman–Crippen MR) is 326 cm³/mol. The van der Waals surface area contributed by atoms with Crippen molar-refractivity contribution in [3.63, 3.8) is 0 Å². The van der Waals surface area contributed by atoms with E-state index in [2.05, 4.69) is 172 Å². The van der Waals surface area contributed by atoms with Gasteiger partial charge in [0.05, 0.1) is 0 Å². The summed E-state index contributed by atoms with van der Waals surface area (Å²) in [4.78, 5) is 0. The quantitative estimate of drug-likeness (QED) is 0.105. The summed E-state index contributed by atoms with van der Waals surface area (Å²) >= 11 is 6.92. The standard InChI is InChI=1S/C40H42.C28H24.C8H8Br2/c1-15-16(2)20(6)34-33(19(15)5)39-31-14-32(40(34)39)38-30-13-26-22(10-28(30)37(31)38)8-7-21-9-27-29(12-25(21)26)36-24-11-23(35(27)36)17(3)18(24)4;1-2-14-10-22-24(28-18-6-4-16(8-18)26(22)28)12-20(14)19-11-23-21(9-13(1)19)25-15-3-5-17(7-15)27(23)25;1-5-3-8(10)6(2)4-7(5)9/h9-10,12-13,17-18,23-24,31-32,35-40H,7-8,11,14H2,1-6H3;3-6,9-12,15-18,25-28H,1-2,7-8H2;3-4H,1-2H3. The fourth-order valence-electron chi connectivity index (χ4n) is 23.1. The average Bonchev–Trinajstić information content (AvgIpc) is 4.47. The van der Waals surface area contributed by atoms with E-state index < -0.39 is 0 Å². The lowest BCUT2D eigenvalue weighted by Crippen LogP contribution is -2.43. The van der Waals surface area contributed by atoms with Gasteiger partial charge in [-0.2, -0.15) is 0 Å². The molecule has 8 bridgehead atoms.